The Morgan fingerprint density at radius 1 is 1.07 bits per heavy atom. The fourth-order valence-corrected chi connectivity index (χ4v) is 1.25. The average Bonchev–Trinajstić information content (AvgIpc) is 2.18. The summed E-state index contributed by atoms with van der Waals surface area (Å²) < 4.78 is 0. The maximum atomic E-state index is 2.27. The molecular weight excluding hydrogens is 168 g/mol. The minimum Gasteiger partial charge on any atom is -0.0856 e. The molecule has 0 aromatic heterocycles. The van der Waals surface area contributed by atoms with Crippen molar-refractivity contribution in [3.8, 4) is 0 Å². The highest BCUT2D eigenvalue weighted by molar-refractivity contribution is 5.48. The maximum Gasteiger partial charge on any atom is -0.0260 e. The van der Waals surface area contributed by atoms with Crippen LogP contribution in [0.25, 0.3) is 6.08 Å². The Hall–Kier alpha value is -1.30. The quantitative estimate of drug-likeness (QED) is 0.481. The SMILES string of the molecule is CC(C)=CCC/C=C/c1ccccc1. The molecule has 0 spiro atoms. The minimum atomic E-state index is 1.13. The first kappa shape index (κ1) is 10.8. The molecule has 0 fully saturated rings. The van der Waals surface area contributed by atoms with E-state index in [-0.39, 0.29) is 0 Å². The first-order valence-corrected chi connectivity index (χ1v) is 5.14. The van der Waals surface area contributed by atoms with Gasteiger partial charge in [0.05, 0.1) is 0 Å². The zero-order chi connectivity index (χ0) is 10.2. The van der Waals surface area contributed by atoms with Gasteiger partial charge in [0, 0.05) is 0 Å². The highest BCUT2D eigenvalue weighted by Gasteiger charge is 1.82. The maximum absolute atomic E-state index is 2.27. The Kier molecular flexibility index (Phi) is 4.77. The van der Waals surface area contributed by atoms with Crippen molar-refractivity contribution in [2.45, 2.75) is 26.7 Å². The monoisotopic (exact) mass is 186 g/mol. The van der Waals surface area contributed by atoms with Crippen LogP contribution in [0.5, 0.6) is 0 Å². The summed E-state index contributed by atoms with van der Waals surface area (Å²) in [5, 5.41) is 0. The van der Waals surface area contributed by atoms with E-state index in [1.807, 2.05) is 6.07 Å². The first-order valence-electron chi connectivity index (χ1n) is 5.14. The van der Waals surface area contributed by atoms with Gasteiger partial charge < -0.3 is 0 Å². The van der Waals surface area contributed by atoms with E-state index >= 15 is 0 Å². The molecule has 1 aromatic carbocycles. The molecule has 74 valence electrons. The summed E-state index contributed by atoms with van der Waals surface area (Å²) in [6.07, 6.45) is 8.95. The number of benzene rings is 1. The van der Waals surface area contributed by atoms with Gasteiger partial charge in [-0.05, 0) is 32.3 Å². The van der Waals surface area contributed by atoms with Crippen LogP contribution in [0.1, 0.15) is 32.3 Å². The van der Waals surface area contributed by atoms with Crippen LogP contribution in [0.15, 0.2) is 48.1 Å². The molecule has 0 heteroatoms. The molecule has 0 nitrogen and oxygen atoms in total. The normalized spacial score (nSPS) is 10.4. The summed E-state index contributed by atoms with van der Waals surface area (Å²) in [7, 11) is 0. The molecule has 0 aliphatic carbocycles. The van der Waals surface area contributed by atoms with Gasteiger partial charge in [0.1, 0.15) is 0 Å². The molecule has 0 saturated carbocycles. The molecule has 1 aromatic rings. The Balaban J connectivity index is 2.32. The van der Waals surface area contributed by atoms with Crippen molar-refractivity contribution in [3.63, 3.8) is 0 Å². The van der Waals surface area contributed by atoms with Crippen molar-refractivity contribution in [1.82, 2.24) is 0 Å². The van der Waals surface area contributed by atoms with Crippen molar-refractivity contribution in [1.29, 1.82) is 0 Å². The second kappa shape index (κ2) is 6.20. The van der Waals surface area contributed by atoms with Crippen molar-refractivity contribution >= 4 is 6.08 Å². The fraction of sp³-hybridized carbons (Fsp3) is 0.286. The van der Waals surface area contributed by atoms with Crippen LogP contribution in [-0.4, -0.2) is 0 Å². The molecule has 0 atom stereocenters. The molecular formula is C14H18. The molecule has 0 N–H and O–H groups in total. The highest BCUT2D eigenvalue weighted by atomic mass is 13.9. The fourth-order valence-electron chi connectivity index (χ4n) is 1.25. The highest BCUT2D eigenvalue weighted by Crippen LogP contribution is 2.04. The van der Waals surface area contributed by atoms with Gasteiger partial charge in [0.15, 0.2) is 0 Å². The summed E-state index contributed by atoms with van der Waals surface area (Å²) in [5.74, 6) is 0. The molecule has 0 amide bonds. The van der Waals surface area contributed by atoms with Crippen LogP contribution in [0.2, 0.25) is 0 Å². The molecule has 0 bridgehead atoms. The zero-order valence-electron chi connectivity index (χ0n) is 9.03. The third-order valence-corrected chi connectivity index (χ3v) is 2.00. The predicted octanol–water partition coefficient (Wildman–Crippen LogP) is 4.45. The zero-order valence-corrected chi connectivity index (χ0v) is 9.03. The van der Waals surface area contributed by atoms with Crippen LogP contribution in [-0.2, 0) is 0 Å². The Morgan fingerprint density at radius 3 is 2.43 bits per heavy atom. The first-order chi connectivity index (χ1) is 6.79. The smallest absolute Gasteiger partial charge is 0.0260 e. The number of rotatable bonds is 4. The summed E-state index contributed by atoms with van der Waals surface area (Å²) in [5.41, 5.74) is 2.68. The van der Waals surface area contributed by atoms with E-state index in [0.717, 1.165) is 12.8 Å². The second-order valence-corrected chi connectivity index (χ2v) is 3.67. The molecule has 0 aliphatic rings. The van der Waals surface area contributed by atoms with Crippen molar-refractivity contribution < 1.29 is 0 Å². The topological polar surface area (TPSA) is 0 Å². The van der Waals surface area contributed by atoms with E-state index in [2.05, 4.69) is 56.3 Å². The molecule has 1 rings (SSSR count). The molecule has 14 heavy (non-hydrogen) atoms. The van der Waals surface area contributed by atoms with Crippen molar-refractivity contribution in [2.24, 2.45) is 0 Å². The molecule has 0 saturated heterocycles. The lowest BCUT2D eigenvalue weighted by Gasteiger charge is -1.91. The number of allylic oxidation sites excluding steroid dienone is 3. The van der Waals surface area contributed by atoms with E-state index in [1.165, 1.54) is 11.1 Å². The third kappa shape index (κ3) is 4.66. The Morgan fingerprint density at radius 2 is 1.79 bits per heavy atom. The number of hydrogen-bond donors (Lipinski definition) is 0. The average molecular weight is 186 g/mol. The van der Waals surface area contributed by atoms with Gasteiger partial charge in [0.25, 0.3) is 0 Å². The Bertz CT molecular complexity index is 300. The third-order valence-electron chi connectivity index (χ3n) is 2.00. The molecule has 0 heterocycles. The van der Waals surface area contributed by atoms with Crippen molar-refractivity contribution in [2.75, 3.05) is 0 Å². The van der Waals surface area contributed by atoms with Crippen LogP contribution in [0, 0.1) is 0 Å². The van der Waals surface area contributed by atoms with Crippen LogP contribution < -0.4 is 0 Å². The van der Waals surface area contributed by atoms with Gasteiger partial charge in [-0.3, -0.25) is 0 Å². The van der Waals surface area contributed by atoms with E-state index in [4.69, 9.17) is 0 Å². The lowest BCUT2D eigenvalue weighted by Crippen LogP contribution is -1.70. The molecule has 0 radical (unpaired) electrons. The minimum absolute atomic E-state index is 1.13. The van der Waals surface area contributed by atoms with E-state index in [9.17, 15) is 0 Å². The van der Waals surface area contributed by atoms with Crippen LogP contribution in [0.4, 0.5) is 0 Å². The summed E-state index contributed by atoms with van der Waals surface area (Å²) in [4.78, 5) is 0. The number of unbranched alkanes of at least 4 members (excludes halogenated alkanes) is 1. The largest absolute Gasteiger partial charge is 0.0856 e. The van der Waals surface area contributed by atoms with Crippen molar-refractivity contribution in [3.05, 3.63) is 53.6 Å². The van der Waals surface area contributed by atoms with E-state index in [0.29, 0.717) is 0 Å². The van der Waals surface area contributed by atoms with Gasteiger partial charge in [-0.1, -0.05) is 54.1 Å². The molecule has 0 aliphatic heterocycles. The lowest BCUT2D eigenvalue weighted by atomic mass is 10.1. The van der Waals surface area contributed by atoms with Gasteiger partial charge in [-0.2, -0.15) is 0 Å². The van der Waals surface area contributed by atoms with Gasteiger partial charge in [0.2, 0.25) is 0 Å². The predicted molar refractivity (Wildman–Crippen MR) is 64.1 cm³/mol. The summed E-state index contributed by atoms with van der Waals surface area (Å²) in [6.45, 7) is 4.28. The lowest BCUT2D eigenvalue weighted by molar-refractivity contribution is 1.04. The summed E-state index contributed by atoms with van der Waals surface area (Å²) in [6, 6.07) is 10.4. The van der Waals surface area contributed by atoms with Gasteiger partial charge in [-0.25, -0.2) is 0 Å². The number of hydrogen-bond acceptors (Lipinski definition) is 0. The van der Waals surface area contributed by atoms with E-state index in [1.54, 1.807) is 0 Å². The summed E-state index contributed by atoms with van der Waals surface area (Å²) >= 11 is 0. The molecule has 0 unspecified atom stereocenters. The van der Waals surface area contributed by atoms with E-state index < -0.39 is 0 Å². The van der Waals surface area contributed by atoms with Gasteiger partial charge in [-0.15, -0.1) is 0 Å². The van der Waals surface area contributed by atoms with Crippen LogP contribution in [0.3, 0.4) is 0 Å². The van der Waals surface area contributed by atoms with Gasteiger partial charge >= 0.3 is 0 Å². The Labute approximate surface area is 87.0 Å². The standard InChI is InChI=1S/C14H18/c1-13(2)9-5-3-6-10-14-11-7-4-8-12-14/h4,6-12H,3,5H2,1-2H3/b10-6+. The second-order valence-electron chi connectivity index (χ2n) is 3.67. The van der Waals surface area contributed by atoms with Crippen LogP contribution >= 0.6 is 0 Å².